The summed E-state index contributed by atoms with van der Waals surface area (Å²) in [7, 11) is 0. The van der Waals surface area contributed by atoms with E-state index < -0.39 is 0 Å². The lowest BCUT2D eigenvalue weighted by Crippen LogP contribution is -2.35. The molecule has 2 N–H and O–H groups in total. The zero-order valence-electron chi connectivity index (χ0n) is 13.1. The molecule has 0 aliphatic rings. The van der Waals surface area contributed by atoms with Crippen molar-refractivity contribution >= 4 is 5.91 Å². The molecule has 3 heteroatoms. The van der Waals surface area contributed by atoms with Crippen LogP contribution in [-0.2, 0) is 6.42 Å². The average Bonchev–Trinajstić information content (AvgIpc) is 2.49. The van der Waals surface area contributed by atoms with Crippen molar-refractivity contribution in [1.29, 1.82) is 0 Å². The average molecular weight is 276 g/mol. The van der Waals surface area contributed by atoms with Crippen molar-refractivity contribution in [3.8, 4) is 0 Å². The first-order valence-corrected chi connectivity index (χ1v) is 7.74. The standard InChI is InChI=1S/C17H28N2O/c1-4-14(5-2)13-19(6-3)17(20)16-9-7-15(8-10-16)11-12-18/h7-10,14H,4-6,11-13,18H2,1-3H3. The Kier molecular flexibility index (Phi) is 7.31. The van der Waals surface area contributed by atoms with Crippen LogP contribution in [0.25, 0.3) is 0 Å². The maximum atomic E-state index is 12.5. The minimum atomic E-state index is 0.138. The summed E-state index contributed by atoms with van der Waals surface area (Å²) >= 11 is 0. The Morgan fingerprint density at radius 2 is 1.75 bits per heavy atom. The molecule has 0 aliphatic heterocycles. The number of nitrogens with zero attached hydrogens (tertiary/aromatic N) is 1. The zero-order chi connectivity index (χ0) is 15.0. The lowest BCUT2D eigenvalue weighted by atomic mass is 10.0. The molecule has 0 saturated carbocycles. The first-order valence-electron chi connectivity index (χ1n) is 7.74. The fourth-order valence-electron chi connectivity index (χ4n) is 2.38. The molecular formula is C17H28N2O. The highest BCUT2D eigenvalue weighted by Gasteiger charge is 2.17. The first kappa shape index (κ1) is 16.7. The largest absolute Gasteiger partial charge is 0.339 e. The highest BCUT2D eigenvalue weighted by Crippen LogP contribution is 2.13. The second kappa shape index (κ2) is 8.75. The molecule has 0 radical (unpaired) electrons. The quantitative estimate of drug-likeness (QED) is 0.793. The number of nitrogens with two attached hydrogens (primary N) is 1. The molecule has 0 fully saturated rings. The fraction of sp³-hybridized carbons (Fsp3) is 0.588. The van der Waals surface area contributed by atoms with Crippen LogP contribution in [0.2, 0.25) is 0 Å². The van der Waals surface area contributed by atoms with Crippen LogP contribution >= 0.6 is 0 Å². The second-order valence-corrected chi connectivity index (χ2v) is 5.26. The van der Waals surface area contributed by atoms with Gasteiger partial charge in [-0.15, -0.1) is 0 Å². The van der Waals surface area contributed by atoms with Gasteiger partial charge in [-0.1, -0.05) is 38.8 Å². The first-order chi connectivity index (χ1) is 9.65. The van der Waals surface area contributed by atoms with Crippen LogP contribution < -0.4 is 5.73 Å². The van der Waals surface area contributed by atoms with Crippen LogP contribution in [0, 0.1) is 5.92 Å². The fourth-order valence-corrected chi connectivity index (χ4v) is 2.38. The van der Waals surface area contributed by atoms with Crippen LogP contribution in [0.5, 0.6) is 0 Å². The van der Waals surface area contributed by atoms with Gasteiger partial charge in [-0.25, -0.2) is 0 Å². The maximum Gasteiger partial charge on any atom is 0.253 e. The number of carbonyl (C=O) groups excluding carboxylic acids is 1. The zero-order valence-corrected chi connectivity index (χ0v) is 13.1. The van der Waals surface area contributed by atoms with E-state index in [1.165, 1.54) is 5.56 Å². The van der Waals surface area contributed by atoms with Gasteiger partial charge in [0, 0.05) is 18.7 Å². The van der Waals surface area contributed by atoms with Crippen LogP contribution in [0.15, 0.2) is 24.3 Å². The van der Waals surface area contributed by atoms with E-state index >= 15 is 0 Å². The number of benzene rings is 1. The topological polar surface area (TPSA) is 46.3 Å². The van der Waals surface area contributed by atoms with Gasteiger partial charge in [0.05, 0.1) is 0 Å². The van der Waals surface area contributed by atoms with E-state index in [0.29, 0.717) is 12.5 Å². The van der Waals surface area contributed by atoms with Gasteiger partial charge in [-0.2, -0.15) is 0 Å². The van der Waals surface area contributed by atoms with Crippen molar-refractivity contribution < 1.29 is 4.79 Å². The molecule has 0 unspecified atom stereocenters. The Hall–Kier alpha value is -1.35. The molecule has 112 valence electrons. The Bertz CT molecular complexity index is 396. The summed E-state index contributed by atoms with van der Waals surface area (Å²) in [5.74, 6) is 0.731. The summed E-state index contributed by atoms with van der Waals surface area (Å²) in [4.78, 5) is 14.5. The van der Waals surface area contributed by atoms with E-state index in [1.807, 2.05) is 36.1 Å². The molecule has 0 spiro atoms. The summed E-state index contributed by atoms with van der Waals surface area (Å²) in [5.41, 5.74) is 7.50. The molecule has 0 heterocycles. The minimum Gasteiger partial charge on any atom is -0.339 e. The number of rotatable bonds is 8. The monoisotopic (exact) mass is 276 g/mol. The molecular weight excluding hydrogens is 248 g/mol. The SMILES string of the molecule is CCC(CC)CN(CC)C(=O)c1ccc(CCN)cc1. The van der Waals surface area contributed by atoms with Crippen molar-refractivity contribution in [3.63, 3.8) is 0 Å². The van der Waals surface area contributed by atoms with Crippen molar-refractivity contribution in [1.82, 2.24) is 4.90 Å². The van der Waals surface area contributed by atoms with Crippen molar-refractivity contribution in [2.45, 2.75) is 40.0 Å². The van der Waals surface area contributed by atoms with Gasteiger partial charge in [0.15, 0.2) is 0 Å². The number of amides is 1. The summed E-state index contributed by atoms with van der Waals surface area (Å²) in [5, 5.41) is 0. The second-order valence-electron chi connectivity index (χ2n) is 5.26. The van der Waals surface area contributed by atoms with Crippen LogP contribution in [0.3, 0.4) is 0 Å². The highest BCUT2D eigenvalue weighted by atomic mass is 16.2. The summed E-state index contributed by atoms with van der Waals surface area (Å²) in [6.07, 6.45) is 3.10. The van der Waals surface area contributed by atoms with Crippen LogP contribution in [0.1, 0.15) is 49.5 Å². The lowest BCUT2D eigenvalue weighted by Gasteiger charge is -2.25. The minimum absolute atomic E-state index is 0.138. The molecule has 1 rings (SSSR count). The number of hydrogen-bond donors (Lipinski definition) is 1. The number of hydrogen-bond acceptors (Lipinski definition) is 2. The van der Waals surface area contributed by atoms with E-state index in [0.717, 1.165) is 37.9 Å². The third kappa shape index (κ3) is 4.64. The van der Waals surface area contributed by atoms with Gasteiger partial charge in [-0.3, -0.25) is 4.79 Å². The van der Waals surface area contributed by atoms with E-state index in [4.69, 9.17) is 5.73 Å². The van der Waals surface area contributed by atoms with Gasteiger partial charge < -0.3 is 10.6 Å². The highest BCUT2D eigenvalue weighted by molar-refractivity contribution is 5.94. The van der Waals surface area contributed by atoms with Crippen molar-refractivity contribution in [2.75, 3.05) is 19.6 Å². The predicted molar refractivity (Wildman–Crippen MR) is 84.8 cm³/mol. The summed E-state index contributed by atoms with van der Waals surface area (Å²) in [6.45, 7) is 8.68. The van der Waals surface area contributed by atoms with E-state index in [-0.39, 0.29) is 5.91 Å². The lowest BCUT2D eigenvalue weighted by molar-refractivity contribution is 0.0735. The molecule has 20 heavy (non-hydrogen) atoms. The molecule has 1 amide bonds. The normalized spacial score (nSPS) is 10.8. The van der Waals surface area contributed by atoms with E-state index in [1.54, 1.807) is 0 Å². The summed E-state index contributed by atoms with van der Waals surface area (Å²) < 4.78 is 0. The Morgan fingerprint density at radius 1 is 1.15 bits per heavy atom. The summed E-state index contributed by atoms with van der Waals surface area (Å²) in [6, 6.07) is 7.85. The van der Waals surface area contributed by atoms with Gasteiger partial charge in [-0.05, 0) is 43.5 Å². The van der Waals surface area contributed by atoms with Crippen molar-refractivity contribution in [3.05, 3.63) is 35.4 Å². The molecule has 0 aromatic heterocycles. The van der Waals surface area contributed by atoms with Crippen LogP contribution in [0.4, 0.5) is 0 Å². The molecule has 3 nitrogen and oxygen atoms in total. The molecule has 0 bridgehead atoms. The molecule has 0 saturated heterocycles. The molecule has 0 aliphatic carbocycles. The molecule has 1 aromatic rings. The molecule has 0 atom stereocenters. The molecule has 1 aromatic carbocycles. The number of carbonyl (C=O) groups is 1. The third-order valence-corrected chi connectivity index (χ3v) is 3.94. The Balaban J connectivity index is 2.74. The predicted octanol–water partition coefficient (Wildman–Crippen LogP) is 3.09. The Morgan fingerprint density at radius 3 is 2.20 bits per heavy atom. The maximum absolute atomic E-state index is 12.5. The van der Waals surface area contributed by atoms with Gasteiger partial charge in [0.2, 0.25) is 0 Å². The van der Waals surface area contributed by atoms with Gasteiger partial charge in [0.1, 0.15) is 0 Å². The Labute approximate surface area is 123 Å². The van der Waals surface area contributed by atoms with Gasteiger partial charge in [0.25, 0.3) is 5.91 Å². The van der Waals surface area contributed by atoms with Crippen molar-refractivity contribution in [2.24, 2.45) is 11.7 Å². The van der Waals surface area contributed by atoms with E-state index in [2.05, 4.69) is 13.8 Å². The smallest absolute Gasteiger partial charge is 0.253 e. The third-order valence-electron chi connectivity index (χ3n) is 3.94. The van der Waals surface area contributed by atoms with E-state index in [9.17, 15) is 4.79 Å². The van der Waals surface area contributed by atoms with Gasteiger partial charge >= 0.3 is 0 Å². The van der Waals surface area contributed by atoms with Crippen LogP contribution in [-0.4, -0.2) is 30.4 Å².